The van der Waals surface area contributed by atoms with Crippen LogP contribution >= 0.6 is 0 Å². The van der Waals surface area contributed by atoms with Gasteiger partial charge in [-0.3, -0.25) is 0 Å². The molecule has 0 aromatic carbocycles. The Morgan fingerprint density at radius 3 is 2.31 bits per heavy atom. The molecule has 0 bridgehead atoms. The fourth-order valence-electron chi connectivity index (χ4n) is 1.46. The average molecular weight is 188 g/mol. The van der Waals surface area contributed by atoms with Crippen LogP contribution in [0, 0.1) is 0 Å². The Bertz CT molecular complexity index is 228. The van der Waals surface area contributed by atoms with Crippen molar-refractivity contribution in [3.8, 4) is 0 Å². The first-order chi connectivity index (χ1) is 5.94. The zero-order valence-corrected chi connectivity index (χ0v) is 7.55. The van der Waals surface area contributed by atoms with Crippen molar-refractivity contribution in [2.24, 2.45) is 0 Å². The lowest BCUT2D eigenvalue weighted by atomic mass is 9.90. The van der Waals surface area contributed by atoms with Crippen LogP contribution in [-0.2, 0) is 0 Å². The predicted molar refractivity (Wildman–Crippen MR) is 46.0 cm³/mol. The van der Waals surface area contributed by atoms with E-state index < -0.39 is 23.9 Å². The molecule has 0 saturated carbocycles. The Morgan fingerprint density at radius 2 is 2.08 bits per heavy atom. The standard InChI is InChI=1S/C8H14NO4/c1-4(10)8(13)6(11)3-5(9-2)7(8)12/h3-4,6-7,10-13H,1-2H3/q-1/t4-,6+,7+,8-/m1/s1. The number of hydrogen-bond donors (Lipinski definition) is 4. The zero-order valence-electron chi connectivity index (χ0n) is 7.55. The van der Waals surface area contributed by atoms with E-state index >= 15 is 0 Å². The third-order valence-electron chi connectivity index (χ3n) is 2.45. The van der Waals surface area contributed by atoms with Crippen molar-refractivity contribution in [3.63, 3.8) is 0 Å². The summed E-state index contributed by atoms with van der Waals surface area (Å²) in [7, 11) is 1.44. The van der Waals surface area contributed by atoms with Gasteiger partial charge in [0, 0.05) is 0 Å². The van der Waals surface area contributed by atoms with Gasteiger partial charge < -0.3 is 25.7 Å². The van der Waals surface area contributed by atoms with E-state index in [2.05, 4.69) is 5.32 Å². The van der Waals surface area contributed by atoms with Crippen LogP contribution in [0.3, 0.4) is 0 Å². The number of rotatable bonds is 2. The molecule has 0 heterocycles. The largest absolute Gasteiger partial charge is 0.688 e. The number of likely N-dealkylation sites (N-methyl/N-ethyl adjacent to an activating group) is 1. The summed E-state index contributed by atoms with van der Waals surface area (Å²) in [4.78, 5) is 0. The van der Waals surface area contributed by atoms with Gasteiger partial charge in [-0.05, 0) is 6.92 Å². The minimum atomic E-state index is -1.94. The van der Waals surface area contributed by atoms with Crippen molar-refractivity contribution in [1.29, 1.82) is 0 Å². The van der Waals surface area contributed by atoms with Crippen molar-refractivity contribution < 1.29 is 20.4 Å². The van der Waals surface area contributed by atoms with Crippen molar-refractivity contribution in [2.45, 2.75) is 30.8 Å². The molecule has 0 saturated heterocycles. The topological polar surface area (TPSA) is 95.0 Å². The van der Waals surface area contributed by atoms with Crippen LogP contribution < -0.4 is 0 Å². The number of hydrogen-bond acceptors (Lipinski definition) is 4. The van der Waals surface area contributed by atoms with Crippen molar-refractivity contribution in [1.82, 2.24) is 0 Å². The van der Waals surface area contributed by atoms with Gasteiger partial charge in [0.05, 0.1) is 12.2 Å². The minimum absolute atomic E-state index is 0.191. The second kappa shape index (κ2) is 3.26. The van der Waals surface area contributed by atoms with Gasteiger partial charge in [0.1, 0.15) is 11.7 Å². The molecule has 0 spiro atoms. The molecule has 13 heavy (non-hydrogen) atoms. The maximum absolute atomic E-state index is 9.75. The Balaban J connectivity index is 2.94. The SMILES string of the molecule is C[N-]C1=C[C@H](O)[C@](O)([C@@H](C)O)[C@H]1O. The highest BCUT2D eigenvalue weighted by Crippen LogP contribution is 2.34. The van der Waals surface area contributed by atoms with Gasteiger partial charge in [-0.1, -0.05) is 6.08 Å². The average Bonchev–Trinajstić information content (AvgIpc) is 2.30. The summed E-state index contributed by atoms with van der Waals surface area (Å²) in [5.74, 6) is 0. The first-order valence-corrected chi connectivity index (χ1v) is 4.02. The molecule has 4 N–H and O–H groups in total. The van der Waals surface area contributed by atoms with Crippen LogP contribution in [0.4, 0.5) is 0 Å². The van der Waals surface area contributed by atoms with Gasteiger partial charge in [-0.15, -0.1) is 12.7 Å². The van der Waals surface area contributed by atoms with E-state index in [1.807, 2.05) is 0 Å². The summed E-state index contributed by atoms with van der Waals surface area (Å²) < 4.78 is 0. The summed E-state index contributed by atoms with van der Waals surface area (Å²) in [5, 5.41) is 41.5. The van der Waals surface area contributed by atoms with Gasteiger partial charge in [-0.25, -0.2) is 0 Å². The van der Waals surface area contributed by atoms with Crippen LogP contribution in [0.25, 0.3) is 5.32 Å². The lowest BCUT2D eigenvalue weighted by Gasteiger charge is -2.36. The molecular formula is C8H14NO4-. The summed E-state index contributed by atoms with van der Waals surface area (Å²) >= 11 is 0. The van der Waals surface area contributed by atoms with Crippen LogP contribution in [0.1, 0.15) is 6.92 Å². The third-order valence-corrected chi connectivity index (χ3v) is 2.45. The van der Waals surface area contributed by atoms with E-state index in [1.165, 1.54) is 20.0 Å². The molecule has 4 atom stereocenters. The van der Waals surface area contributed by atoms with E-state index in [1.54, 1.807) is 0 Å². The zero-order chi connectivity index (χ0) is 10.2. The highest BCUT2D eigenvalue weighted by Gasteiger charge is 2.49. The molecule has 1 rings (SSSR count). The molecule has 0 amide bonds. The van der Waals surface area contributed by atoms with Crippen molar-refractivity contribution >= 4 is 0 Å². The maximum Gasteiger partial charge on any atom is 0.147 e. The van der Waals surface area contributed by atoms with Crippen LogP contribution in [-0.4, -0.2) is 51.4 Å². The van der Waals surface area contributed by atoms with Crippen LogP contribution in [0.15, 0.2) is 11.8 Å². The molecule has 0 aromatic rings. The summed E-state index contributed by atoms with van der Waals surface area (Å²) in [6.45, 7) is 1.30. The third kappa shape index (κ3) is 1.34. The Labute approximate surface area is 76.3 Å². The van der Waals surface area contributed by atoms with E-state index in [4.69, 9.17) is 0 Å². The normalized spacial score (nSPS) is 41.5. The maximum atomic E-state index is 9.75. The van der Waals surface area contributed by atoms with Crippen molar-refractivity contribution in [3.05, 3.63) is 17.1 Å². The van der Waals surface area contributed by atoms with Gasteiger partial charge in [-0.2, -0.15) is 0 Å². The number of aliphatic hydroxyl groups is 4. The molecule has 1 aliphatic rings. The molecule has 0 aromatic heterocycles. The highest BCUT2D eigenvalue weighted by atomic mass is 16.4. The van der Waals surface area contributed by atoms with E-state index in [0.29, 0.717) is 0 Å². The Morgan fingerprint density at radius 1 is 1.54 bits per heavy atom. The molecule has 5 heteroatoms. The van der Waals surface area contributed by atoms with Crippen LogP contribution in [0.2, 0.25) is 0 Å². The quantitative estimate of drug-likeness (QED) is 0.434. The summed E-state index contributed by atoms with van der Waals surface area (Å²) in [6, 6.07) is 0. The fraction of sp³-hybridized carbons (Fsp3) is 0.750. The molecule has 5 nitrogen and oxygen atoms in total. The van der Waals surface area contributed by atoms with Crippen molar-refractivity contribution in [2.75, 3.05) is 7.05 Å². The second-order valence-electron chi connectivity index (χ2n) is 3.23. The first-order valence-electron chi connectivity index (χ1n) is 4.02. The van der Waals surface area contributed by atoms with E-state index in [-0.39, 0.29) is 5.70 Å². The summed E-state index contributed by atoms with van der Waals surface area (Å²) in [5.41, 5.74) is -1.75. The molecule has 0 fully saturated rings. The van der Waals surface area contributed by atoms with Crippen LogP contribution in [0.5, 0.6) is 0 Å². The molecule has 0 unspecified atom stereocenters. The monoisotopic (exact) mass is 188 g/mol. The Kier molecular flexibility index (Phi) is 2.63. The van der Waals surface area contributed by atoms with Gasteiger partial charge in [0.15, 0.2) is 0 Å². The van der Waals surface area contributed by atoms with Gasteiger partial charge in [0.25, 0.3) is 0 Å². The number of nitrogens with zero attached hydrogens (tertiary/aromatic N) is 1. The second-order valence-corrected chi connectivity index (χ2v) is 3.23. The van der Waals surface area contributed by atoms with E-state index in [0.717, 1.165) is 0 Å². The lowest BCUT2D eigenvalue weighted by molar-refractivity contribution is -0.162. The number of aliphatic hydroxyl groups excluding tert-OH is 3. The smallest absolute Gasteiger partial charge is 0.147 e. The molecule has 0 aliphatic heterocycles. The van der Waals surface area contributed by atoms with Gasteiger partial charge in [0.2, 0.25) is 0 Å². The minimum Gasteiger partial charge on any atom is -0.688 e. The first kappa shape index (κ1) is 10.5. The molecule has 76 valence electrons. The summed E-state index contributed by atoms with van der Waals surface area (Å²) in [6.07, 6.45) is -2.63. The molecule has 0 radical (unpaired) electrons. The van der Waals surface area contributed by atoms with E-state index in [9.17, 15) is 20.4 Å². The highest BCUT2D eigenvalue weighted by molar-refractivity contribution is 5.34. The fourth-order valence-corrected chi connectivity index (χ4v) is 1.46. The predicted octanol–water partition coefficient (Wildman–Crippen LogP) is -1.28. The Hall–Kier alpha value is -0.620. The molecular weight excluding hydrogens is 174 g/mol. The van der Waals surface area contributed by atoms with Gasteiger partial charge >= 0.3 is 0 Å². The lowest BCUT2D eigenvalue weighted by Crippen LogP contribution is -2.55. The molecule has 1 aliphatic carbocycles.